The Balaban J connectivity index is 1.30. The number of pyridine rings is 1. The standard InChI is InChI=1S/C24H22F5N5/c25-17-6-4-15(20(26)13-17)12-21-18-2-1-3-19(18)23(32-31-21)34-10-8-33(9-11-34)22-7-5-16(14-30-22)24(27,28)29/h4-7,13-14H,1-3,8-12H2. The number of alkyl halides is 3. The summed E-state index contributed by atoms with van der Waals surface area (Å²) in [6.07, 6.45) is -0.620. The largest absolute Gasteiger partial charge is 0.417 e. The Bertz CT molecular complexity index is 1190. The van der Waals surface area contributed by atoms with Crippen molar-refractivity contribution in [3.05, 3.63) is 76.1 Å². The average Bonchev–Trinajstić information content (AvgIpc) is 3.31. The third-order valence-corrected chi connectivity index (χ3v) is 6.45. The highest BCUT2D eigenvalue weighted by atomic mass is 19.4. The van der Waals surface area contributed by atoms with E-state index in [0.29, 0.717) is 43.3 Å². The zero-order chi connectivity index (χ0) is 23.9. The molecule has 10 heteroatoms. The minimum absolute atomic E-state index is 0.259. The van der Waals surface area contributed by atoms with E-state index in [9.17, 15) is 22.0 Å². The molecule has 1 aromatic carbocycles. The quantitative estimate of drug-likeness (QED) is 0.518. The first-order valence-corrected chi connectivity index (χ1v) is 11.1. The Hall–Kier alpha value is -3.30. The second-order valence-corrected chi connectivity index (χ2v) is 8.57. The predicted molar refractivity (Wildman–Crippen MR) is 117 cm³/mol. The van der Waals surface area contributed by atoms with Crippen LogP contribution >= 0.6 is 0 Å². The Morgan fingerprint density at radius 1 is 0.853 bits per heavy atom. The van der Waals surface area contributed by atoms with E-state index in [1.165, 1.54) is 18.2 Å². The van der Waals surface area contributed by atoms with Gasteiger partial charge in [0.05, 0.1) is 11.3 Å². The molecular weight excluding hydrogens is 453 g/mol. The van der Waals surface area contributed by atoms with E-state index in [2.05, 4.69) is 20.1 Å². The molecule has 2 aromatic heterocycles. The number of nitrogens with zero attached hydrogens (tertiary/aromatic N) is 5. The molecule has 0 bridgehead atoms. The van der Waals surface area contributed by atoms with Crippen LogP contribution in [0.4, 0.5) is 33.6 Å². The van der Waals surface area contributed by atoms with Gasteiger partial charge in [0.1, 0.15) is 17.5 Å². The van der Waals surface area contributed by atoms with Crippen LogP contribution in [0.5, 0.6) is 0 Å². The van der Waals surface area contributed by atoms with Crippen molar-refractivity contribution >= 4 is 11.6 Å². The molecule has 1 aliphatic carbocycles. The minimum atomic E-state index is -4.40. The fourth-order valence-corrected chi connectivity index (χ4v) is 4.67. The van der Waals surface area contributed by atoms with Gasteiger partial charge in [0.2, 0.25) is 0 Å². The molecule has 1 fully saturated rings. The lowest BCUT2D eigenvalue weighted by atomic mass is 10.0. The number of piperazine rings is 1. The van der Waals surface area contributed by atoms with Crippen molar-refractivity contribution in [2.24, 2.45) is 0 Å². The van der Waals surface area contributed by atoms with Crippen molar-refractivity contribution in [2.45, 2.75) is 31.9 Å². The zero-order valence-corrected chi connectivity index (χ0v) is 18.2. The van der Waals surface area contributed by atoms with Gasteiger partial charge in [-0.25, -0.2) is 13.8 Å². The van der Waals surface area contributed by atoms with Crippen LogP contribution in [0.2, 0.25) is 0 Å². The van der Waals surface area contributed by atoms with Crippen LogP contribution in [0.1, 0.15) is 34.4 Å². The molecule has 0 spiro atoms. The topological polar surface area (TPSA) is 45.2 Å². The molecule has 3 aromatic rings. The predicted octanol–water partition coefficient (Wildman–Crippen LogP) is 4.57. The number of benzene rings is 1. The molecular formula is C24H22F5N5. The van der Waals surface area contributed by atoms with Gasteiger partial charge in [-0.2, -0.15) is 18.3 Å². The van der Waals surface area contributed by atoms with Crippen LogP contribution in [0.3, 0.4) is 0 Å². The lowest BCUT2D eigenvalue weighted by Gasteiger charge is -2.36. The normalized spacial score (nSPS) is 16.1. The summed E-state index contributed by atoms with van der Waals surface area (Å²) < 4.78 is 65.8. The van der Waals surface area contributed by atoms with E-state index in [-0.39, 0.29) is 6.42 Å². The lowest BCUT2D eigenvalue weighted by Crippen LogP contribution is -2.47. The highest BCUT2D eigenvalue weighted by Crippen LogP contribution is 2.33. The minimum Gasteiger partial charge on any atom is -0.353 e. The van der Waals surface area contributed by atoms with E-state index in [4.69, 9.17) is 0 Å². The van der Waals surface area contributed by atoms with Crippen LogP contribution in [0, 0.1) is 11.6 Å². The number of anilines is 2. The van der Waals surface area contributed by atoms with Gasteiger partial charge in [-0.05, 0) is 48.6 Å². The fraction of sp³-hybridized carbons (Fsp3) is 0.375. The number of hydrogen-bond acceptors (Lipinski definition) is 5. The lowest BCUT2D eigenvalue weighted by molar-refractivity contribution is -0.137. The van der Waals surface area contributed by atoms with Gasteiger partial charge < -0.3 is 9.80 Å². The van der Waals surface area contributed by atoms with Crippen molar-refractivity contribution in [2.75, 3.05) is 36.0 Å². The third kappa shape index (κ3) is 4.41. The first kappa shape index (κ1) is 22.5. The fourth-order valence-electron chi connectivity index (χ4n) is 4.67. The Labute approximate surface area is 193 Å². The maximum Gasteiger partial charge on any atom is 0.417 e. The third-order valence-electron chi connectivity index (χ3n) is 6.45. The van der Waals surface area contributed by atoms with Gasteiger partial charge in [0, 0.05) is 50.4 Å². The van der Waals surface area contributed by atoms with Crippen molar-refractivity contribution in [3.8, 4) is 0 Å². The Morgan fingerprint density at radius 2 is 1.59 bits per heavy atom. The highest BCUT2D eigenvalue weighted by molar-refractivity contribution is 5.55. The van der Waals surface area contributed by atoms with Crippen LogP contribution in [0.25, 0.3) is 0 Å². The van der Waals surface area contributed by atoms with Crippen LogP contribution in [-0.4, -0.2) is 41.4 Å². The van der Waals surface area contributed by atoms with Gasteiger partial charge in [-0.1, -0.05) is 6.07 Å². The highest BCUT2D eigenvalue weighted by Gasteiger charge is 2.31. The van der Waals surface area contributed by atoms with Crippen molar-refractivity contribution in [3.63, 3.8) is 0 Å². The average molecular weight is 475 g/mol. The molecule has 34 heavy (non-hydrogen) atoms. The second-order valence-electron chi connectivity index (χ2n) is 8.57. The SMILES string of the molecule is Fc1ccc(Cc2nnc(N3CCN(c4ccc(C(F)(F)F)cn4)CC3)c3c2CCC3)c(F)c1. The Kier molecular flexibility index (Phi) is 5.83. The number of aromatic nitrogens is 3. The summed E-state index contributed by atoms with van der Waals surface area (Å²) in [5.41, 5.74) is 2.54. The molecule has 1 saturated heterocycles. The summed E-state index contributed by atoms with van der Waals surface area (Å²) in [7, 11) is 0. The molecule has 0 atom stereocenters. The van der Waals surface area contributed by atoms with Crippen molar-refractivity contribution < 1.29 is 22.0 Å². The van der Waals surface area contributed by atoms with E-state index in [1.54, 1.807) is 0 Å². The first-order valence-electron chi connectivity index (χ1n) is 11.1. The molecule has 178 valence electrons. The van der Waals surface area contributed by atoms with Crippen molar-refractivity contribution in [1.82, 2.24) is 15.2 Å². The molecule has 0 N–H and O–H groups in total. The van der Waals surface area contributed by atoms with Gasteiger partial charge in [0.15, 0.2) is 5.82 Å². The van der Waals surface area contributed by atoms with E-state index in [0.717, 1.165) is 54.5 Å². The second kappa shape index (κ2) is 8.81. The molecule has 0 amide bonds. The van der Waals surface area contributed by atoms with E-state index >= 15 is 0 Å². The van der Waals surface area contributed by atoms with Crippen molar-refractivity contribution in [1.29, 1.82) is 0 Å². The van der Waals surface area contributed by atoms with Gasteiger partial charge >= 0.3 is 6.18 Å². The van der Waals surface area contributed by atoms with Crippen LogP contribution in [-0.2, 0) is 25.4 Å². The smallest absolute Gasteiger partial charge is 0.353 e. The number of fused-ring (bicyclic) bond motifs is 1. The van der Waals surface area contributed by atoms with Crippen LogP contribution in [0.15, 0.2) is 36.5 Å². The molecule has 5 rings (SSSR count). The number of hydrogen-bond donors (Lipinski definition) is 0. The summed E-state index contributed by atoms with van der Waals surface area (Å²) in [5, 5.41) is 8.88. The molecule has 5 nitrogen and oxygen atoms in total. The Morgan fingerprint density at radius 3 is 2.26 bits per heavy atom. The molecule has 0 unspecified atom stereocenters. The van der Waals surface area contributed by atoms with Gasteiger partial charge in [-0.15, -0.1) is 5.10 Å². The maximum atomic E-state index is 14.2. The first-order chi connectivity index (χ1) is 16.3. The number of halogens is 5. The summed E-state index contributed by atoms with van der Waals surface area (Å²) in [6.45, 7) is 2.46. The summed E-state index contributed by atoms with van der Waals surface area (Å²) in [5.74, 6) is 0.126. The molecule has 3 heterocycles. The summed E-state index contributed by atoms with van der Waals surface area (Å²) >= 11 is 0. The number of rotatable bonds is 4. The van der Waals surface area contributed by atoms with Gasteiger partial charge in [0.25, 0.3) is 0 Å². The summed E-state index contributed by atoms with van der Waals surface area (Å²) in [6, 6.07) is 6.01. The zero-order valence-electron chi connectivity index (χ0n) is 18.2. The molecule has 1 aliphatic heterocycles. The van der Waals surface area contributed by atoms with E-state index < -0.39 is 23.4 Å². The van der Waals surface area contributed by atoms with Crippen LogP contribution < -0.4 is 9.80 Å². The summed E-state index contributed by atoms with van der Waals surface area (Å²) in [4.78, 5) is 8.09. The van der Waals surface area contributed by atoms with E-state index in [1.807, 2.05) is 4.90 Å². The molecule has 0 radical (unpaired) electrons. The maximum absolute atomic E-state index is 14.2. The molecule has 2 aliphatic rings. The van der Waals surface area contributed by atoms with Gasteiger partial charge in [-0.3, -0.25) is 0 Å². The monoisotopic (exact) mass is 475 g/mol. The molecule has 0 saturated carbocycles.